The third-order valence-electron chi connectivity index (χ3n) is 8.16. The molecule has 0 fully saturated rings. The monoisotopic (exact) mass is 478 g/mol. The van der Waals surface area contributed by atoms with Crippen LogP contribution in [0.25, 0.3) is 11.1 Å². The molecular weight excluding hydrogens is 434 g/mol. The Morgan fingerprint density at radius 3 is 1.80 bits per heavy atom. The summed E-state index contributed by atoms with van der Waals surface area (Å²) in [5.74, 6) is -0.243. The van der Waals surface area contributed by atoms with Crippen LogP contribution in [-0.4, -0.2) is 34.3 Å². The van der Waals surface area contributed by atoms with Gasteiger partial charge in [0.15, 0.2) is 0 Å². The summed E-state index contributed by atoms with van der Waals surface area (Å²) in [5.41, 5.74) is 5.02. The Bertz CT molecular complexity index is 856. The molecule has 0 aromatic heterocycles. The molecule has 4 nitrogen and oxygen atoms in total. The van der Waals surface area contributed by atoms with E-state index in [0.717, 1.165) is 64.2 Å². The van der Waals surface area contributed by atoms with Gasteiger partial charge in [-0.15, -0.1) is 0 Å². The molecule has 3 rings (SSSR count). The fourth-order valence-electron chi connectivity index (χ4n) is 6.04. The lowest BCUT2D eigenvalue weighted by Crippen LogP contribution is -2.32. The molecule has 6 heteroatoms. The molecule has 0 radical (unpaired) electrons. The van der Waals surface area contributed by atoms with Crippen molar-refractivity contribution in [1.82, 2.24) is 0 Å². The summed E-state index contributed by atoms with van der Waals surface area (Å²) in [5, 5.41) is 39.4. The molecule has 0 aliphatic heterocycles. The van der Waals surface area contributed by atoms with Crippen molar-refractivity contribution in [3.63, 3.8) is 0 Å². The van der Waals surface area contributed by atoms with E-state index in [1.165, 1.54) is 35.1 Å². The van der Waals surface area contributed by atoms with Gasteiger partial charge in [0.05, 0.1) is 0 Å². The zero-order valence-electron chi connectivity index (χ0n) is 21.7. The molecule has 0 spiro atoms. The first kappa shape index (κ1) is 28.0. The second-order valence-corrected chi connectivity index (χ2v) is 10.7. The average molecular weight is 478 g/mol. The molecule has 0 bridgehead atoms. The molecule has 2 aromatic carbocycles. The highest BCUT2D eigenvalue weighted by Gasteiger charge is 2.45. The average Bonchev–Trinajstić information content (AvgIpc) is 3.13. The SMILES string of the molecule is CCCCCCC(CC1(CCCCCCC(C)B(O)O)c2ccccc2-c2ccccc21)B(O)O. The van der Waals surface area contributed by atoms with Crippen LogP contribution in [0.4, 0.5) is 0 Å². The number of fused-ring (bicyclic) bond motifs is 3. The fourth-order valence-corrected chi connectivity index (χ4v) is 6.04. The summed E-state index contributed by atoms with van der Waals surface area (Å²) >= 11 is 0. The maximum Gasteiger partial charge on any atom is 0.454 e. The van der Waals surface area contributed by atoms with Crippen molar-refractivity contribution in [2.75, 3.05) is 0 Å². The third-order valence-corrected chi connectivity index (χ3v) is 8.16. The van der Waals surface area contributed by atoms with Gasteiger partial charge in [-0.05, 0) is 46.7 Å². The zero-order valence-corrected chi connectivity index (χ0v) is 21.7. The summed E-state index contributed by atoms with van der Waals surface area (Å²) in [7, 11) is -2.54. The Balaban J connectivity index is 1.80. The van der Waals surface area contributed by atoms with Crippen molar-refractivity contribution in [2.24, 2.45) is 0 Å². The van der Waals surface area contributed by atoms with Crippen molar-refractivity contribution in [1.29, 1.82) is 0 Å². The van der Waals surface area contributed by atoms with E-state index in [1.54, 1.807) is 0 Å². The molecule has 0 saturated carbocycles. The minimum absolute atomic E-state index is 0.0885. The van der Waals surface area contributed by atoms with E-state index in [0.29, 0.717) is 0 Å². The quantitative estimate of drug-likeness (QED) is 0.167. The summed E-state index contributed by atoms with van der Waals surface area (Å²) in [6.07, 6.45) is 12.1. The normalized spacial score (nSPS) is 15.4. The topological polar surface area (TPSA) is 80.9 Å². The van der Waals surface area contributed by atoms with Crippen LogP contribution >= 0.6 is 0 Å². The lowest BCUT2D eigenvalue weighted by atomic mass is 9.59. The Morgan fingerprint density at radius 2 is 1.23 bits per heavy atom. The van der Waals surface area contributed by atoms with E-state index in [-0.39, 0.29) is 17.0 Å². The molecule has 2 aromatic rings. The second kappa shape index (κ2) is 13.6. The molecule has 0 saturated heterocycles. The van der Waals surface area contributed by atoms with Crippen molar-refractivity contribution in [3.8, 4) is 11.1 Å². The van der Waals surface area contributed by atoms with Gasteiger partial charge < -0.3 is 20.1 Å². The summed E-state index contributed by atoms with van der Waals surface area (Å²) in [6, 6.07) is 17.4. The number of hydrogen-bond acceptors (Lipinski definition) is 4. The largest absolute Gasteiger partial charge is 0.454 e. The van der Waals surface area contributed by atoms with Gasteiger partial charge in [0, 0.05) is 5.41 Å². The smallest absolute Gasteiger partial charge is 0.427 e. The molecule has 1 aliphatic rings. The van der Waals surface area contributed by atoms with E-state index < -0.39 is 14.2 Å². The standard InChI is InChI=1S/C29H44B2O4/c1-3-4-5-9-16-24(31(34)35)22-29(21-14-7-6-8-15-23(2)30(32)33)27-19-12-10-17-25(27)26-18-11-13-20-28(26)29/h10-13,17-20,23-24,32-35H,3-9,14-16,21-22H2,1-2H3. The van der Waals surface area contributed by atoms with Crippen molar-refractivity contribution in [2.45, 2.75) is 108 Å². The first-order valence-electron chi connectivity index (χ1n) is 13.8. The third kappa shape index (κ3) is 7.01. The van der Waals surface area contributed by atoms with Gasteiger partial charge in [-0.3, -0.25) is 0 Å². The van der Waals surface area contributed by atoms with E-state index in [4.69, 9.17) is 0 Å². The Kier molecular flexibility index (Phi) is 10.9. The van der Waals surface area contributed by atoms with E-state index in [2.05, 4.69) is 55.5 Å². The summed E-state index contributed by atoms with van der Waals surface area (Å²) < 4.78 is 0. The fraction of sp³-hybridized carbons (Fsp3) is 0.586. The molecule has 2 unspecified atom stereocenters. The van der Waals surface area contributed by atoms with Gasteiger partial charge in [-0.25, -0.2) is 0 Å². The molecule has 190 valence electrons. The van der Waals surface area contributed by atoms with Crippen LogP contribution in [0, 0.1) is 0 Å². The van der Waals surface area contributed by atoms with Gasteiger partial charge in [-0.1, -0.05) is 127 Å². The highest BCUT2D eigenvalue weighted by atomic mass is 16.4. The van der Waals surface area contributed by atoms with Crippen LogP contribution in [0.1, 0.15) is 102 Å². The van der Waals surface area contributed by atoms with Gasteiger partial charge in [0.25, 0.3) is 0 Å². The molecule has 2 atom stereocenters. The van der Waals surface area contributed by atoms with Crippen LogP contribution in [0.15, 0.2) is 48.5 Å². The zero-order chi connectivity index (χ0) is 25.3. The number of benzene rings is 2. The van der Waals surface area contributed by atoms with Crippen LogP contribution in [0.2, 0.25) is 11.6 Å². The van der Waals surface area contributed by atoms with Gasteiger partial charge in [0.1, 0.15) is 0 Å². The van der Waals surface area contributed by atoms with E-state index >= 15 is 0 Å². The molecule has 35 heavy (non-hydrogen) atoms. The first-order valence-corrected chi connectivity index (χ1v) is 13.8. The van der Waals surface area contributed by atoms with Crippen LogP contribution in [0.3, 0.4) is 0 Å². The minimum Gasteiger partial charge on any atom is -0.427 e. The van der Waals surface area contributed by atoms with Crippen molar-refractivity contribution < 1.29 is 20.1 Å². The lowest BCUT2D eigenvalue weighted by molar-refractivity contribution is 0.330. The number of unbranched alkanes of at least 4 members (excludes halogenated alkanes) is 6. The first-order chi connectivity index (χ1) is 16.9. The summed E-state index contributed by atoms with van der Waals surface area (Å²) in [4.78, 5) is 0. The van der Waals surface area contributed by atoms with E-state index in [1.807, 2.05) is 6.92 Å². The molecule has 0 amide bonds. The molecular formula is C29H44B2O4. The molecule has 1 aliphatic carbocycles. The van der Waals surface area contributed by atoms with Crippen LogP contribution in [-0.2, 0) is 5.41 Å². The van der Waals surface area contributed by atoms with Crippen molar-refractivity contribution >= 4 is 14.2 Å². The number of rotatable bonds is 16. The maximum absolute atomic E-state index is 10.4. The highest BCUT2D eigenvalue weighted by molar-refractivity contribution is 6.43. The Morgan fingerprint density at radius 1 is 0.686 bits per heavy atom. The van der Waals surface area contributed by atoms with Crippen LogP contribution < -0.4 is 0 Å². The highest BCUT2D eigenvalue weighted by Crippen LogP contribution is 2.55. The molecule has 4 N–H and O–H groups in total. The minimum atomic E-state index is -1.31. The number of hydrogen-bond donors (Lipinski definition) is 4. The van der Waals surface area contributed by atoms with Crippen LogP contribution in [0.5, 0.6) is 0 Å². The Hall–Kier alpha value is -1.59. The summed E-state index contributed by atoms with van der Waals surface area (Å²) in [6.45, 7) is 4.08. The van der Waals surface area contributed by atoms with Gasteiger partial charge in [-0.2, -0.15) is 0 Å². The molecule has 0 heterocycles. The maximum atomic E-state index is 10.4. The van der Waals surface area contributed by atoms with Gasteiger partial charge >= 0.3 is 14.2 Å². The lowest BCUT2D eigenvalue weighted by Gasteiger charge is -2.36. The predicted molar refractivity (Wildman–Crippen MR) is 147 cm³/mol. The predicted octanol–water partition coefficient (Wildman–Crippen LogP) is 6.36. The van der Waals surface area contributed by atoms with Crippen molar-refractivity contribution in [3.05, 3.63) is 59.7 Å². The Labute approximate surface area is 213 Å². The second-order valence-electron chi connectivity index (χ2n) is 10.7. The van der Waals surface area contributed by atoms with E-state index in [9.17, 15) is 20.1 Å². The van der Waals surface area contributed by atoms with Gasteiger partial charge in [0.2, 0.25) is 0 Å².